The van der Waals surface area contributed by atoms with Gasteiger partial charge in [-0.15, -0.1) is 0 Å². The SMILES string of the molecule is CN1C=C(N)C(=O)N(S)CC1=O. The van der Waals surface area contributed by atoms with Crippen LogP contribution in [0.5, 0.6) is 0 Å². The third kappa shape index (κ3) is 1.53. The Hall–Kier alpha value is -1.17. The molecule has 0 aromatic rings. The van der Waals surface area contributed by atoms with Crippen molar-refractivity contribution in [2.45, 2.75) is 0 Å². The normalized spacial score (nSPS) is 19.3. The van der Waals surface area contributed by atoms with Crippen molar-refractivity contribution < 1.29 is 9.59 Å². The largest absolute Gasteiger partial charge is 0.393 e. The fourth-order valence-corrected chi connectivity index (χ4v) is 1.03. The van der Waals surface area contributed by atoms with Crippen molar-refractivity contribution in [3.05, 3.63) is 11.9 Å². The standard InChI is InChI=1S/C6H9N3O2S/c1-8-2-4(7)6(11)9(12)3-5(8)10/h2,12H,3,7H2,1H3. The quantitative estimate of drug-likeness (QED) is 0.475. The van der Waals surface area contributed by atoms with E-state index in [1.54, 1.807) is 0 Å². The summed E-state index contributed by atoms with van der Waals surface area (Å²) in [6, 6.07) is 0. The zero-order valence-electron chi connectivity index (χ0n) is 6.52. The molecule has 0 fully saturated rings. The Bertz CT molecular complexity index is 264. The molecule has 1 aliphatic heterocycles. The van der Waals surface area contributed by atoms with E-state index in [1.807, 2.05) is 0 Å². The highest BCUT2D eigenvalue weighted by molar-refractivity contribution is 7.78. The molecule has 1 rings (SSSR count). The Morgan fingerprint density at radius 1 is 1.58 bits per heavy atom. The van der Waals surface area contributed by atoms with Gasteiger partial charge < -0.3 is 10.6 Å². The summed E-state index contributed by atoms with van der Waals surface area (Å²) in [5.41, 5.74) is 5.36. The van der Waals surface area contributed by atoms with Gasteiger partial charge in [-0.2, -0.15) is 0 Å². The molecule has 1 heterocycles. The second-order valence-corrected chi connectivity index (χ2v) is 2.93. The van der Waals surface area contributed by atoms with Gasteiger partial charge in [0.15, 0.2) is 0 Å². The summed E-state index contributed by atoms with van der Waals surface area (Å²) in [5, 5.41) is 0. The minimum absolute atomic E-state index is 0.0124. The number of hydrogen-bond donors (Lipinski definition) is 2. The minimum atomic E-state index is -0.448. The number of carbonyl (C=O) groups is 2. The smallest absolute Gasteiger partial charge is 0.281 e. The van der Waals surface area contributed by atoms with E-state index in [9.17, 15) is 9.59 Å². The average molecular weight is 187 g/mol. The van der Waals surface area contributed by atoms with Crippen molar-refractivity contribution in [2.24, 2.45) is 5.73 Å². The summed E-state index contributed by atoms with van der Waals surface area (Å²) >= 11 is 3.80. The number of rotatable bonds is 0. The molecule has 0 aromatic heterocycles. The van der Waals surface area contributed by atoms with Gasteiger partial charge in [0, 0.05) is 13.2 Å². The van der Waals surface area contributed by atoms with Crippen LogP contribution in [0.3, 0.4) is 0 Å². The van der Waals surface area contributed by atoms with Crippen LogP contribution in [0.15, 0.2) is 11.9 Å². The number of carbonyl (C=O) groups excluding carboxylic acids is 2. The van der Waals surface area contributed by atoms with Crippen LogP contribution >= 0.6 is 12.8 Å². The van der Waals surface area contributed by atoms with Gasteiger partial charge in [0.2, 0.25) is 5.91 Å². The lowest BCUT2D eigenvalue weighted by Crippen LogP contribution is -2.31. The van der Waals surface area contributed by atoms with Crippen molar-refractivity contribution in [1.29, 1.82) is 0 Å². The first-order chi connectivity index (χ1) is 5.52. The summed E-state index contributed by atoms with van der Waals surface area (Å²) < 4.78 is 0.984. The van der Waals surface area contributed by atoms with Gasteiger partial charge in [-0.25, -0.2) is 0 Å². The molecule has 1 aliphatic rings. The maximum atomic E-state index is 11.1. The van der Waals surface area contributed by atoms with Crippen LogP contribution in [-0.4, -0.2) is 34.6 Å². The second-order valence-electron chi connectivity index (χ2n) is 2.45. The molecule has 2 N–H and O–H groups in total. The molecule has 2 amide bonds. The fourth-order valence-electron chi connectivity index (χ4n) is 0.796. The predicted molar refractivity (Wildman–Crippen MR) is 45.7 cm³/mol. The summed E-state index contributed by atoms with van der Waals surface area (Å²) in [6.45, 7) is -0.0599. The van der Waals surface area contributed by atoms with E-state index in [-0.39, 0.29) is 18.1 Å². The number of likely N-dealkylation sites (N-methyl/N-ethyl adjacent to an activating group) is 1. The molecule has 0 aromatic carbocycles. The van der Waals surface area contributed by atoms with Crippen molar-refractivity contribution in [2.75, 3.05) is 13.6 Å². The number of thiol groups is 1. The molecule has 0 radical (unpaired) electrons. The fraction of sp³-hybridized carbons (Fsp3) is 0.333. The van der Waals surface area contributed by atoms with Crippen molar-refractivity contribution >= 4 is 24.6 Å². The van der Waals surface area contributed by atoms with Crippen LogP contribution in [0, 0.1) is 0 Å². The van der Waals surface area contributed by atoms with Crippen LogP contribution < -0.4 is 5.73 Å². The highest BCUT2D eigenvalue weighted by Gasteiger charge is 2.22. The lowest BCUT2D eigenvalue weighted by Gasteiger charge is -2.12. The van der Waals surface area contributed by atoms with Crippen molar-refractivity contribution in [3.8, 4) is 0 Å². The number of nitrogens with zero attached hydrogens (tertiary/aromatic N) is 2. The number of amides is 2. The molecule has 5 nitrogen and oxygen atoms in total. The molecule has 0 atom stereocenters. The molecule has 6 heteroatoms. The molecule has 0 saturated carbocycles. The molecular weight excluding hydrogens is 178 g/mol. The highest BCUT2D eigenvalue weighted by atomic mass is 32.1. The first kappa shape index (κ1) is 8.92. The van der Waals surface area contributed by atoms with E-state index in [0.717, 1.165) is 4.31 Å². The van der Waals surface area contributed by atoms with E-state index in [4.69, 9.17) is 5.73 Å². The number of nitrogens with two attached hydrogens (primary N) is 1. The Morgan fingerprint density at radius 2 is 2.17 bits per heavy atom. The molecule has 66 valence electrons. The molecule has 0 spiro atoms. The lowest BCUT2D eigenvalue weighted by atomic mass is 10.4. The monoisotopic (exact) mass is 187 g/mol. The first-order valence-corrected chi connectivity index (χ1v) is 3.66. The molecule has 12 heavy (non-hydrogen) atoms. The maximum Gasteiger partial charge on any atom is 0.281 e. The van der Waals surface area contributed by atoms with Gasteiger partial charge in [0.1, 0.15) is 12.2 Å². The lowest BCUT2D eigenvalue weighted by molar-refractivity contribution is -0.131. The van der Waals surface area contributed by atoms with Gasteiger partial charge in [-0.05, 0) is 0 Å². The molecule has 0 aliphatic carbocycles. The van der Waals surface area contributed by atoms with Crippen LogP contribution in [0.4, 0.5) is 0 Å². The van der Waals surface area contributed by atoms with Crippen LogP contribution in [0.1, 0.15) is 0 Å². The Balaban J connectivity index is 2.96. The van der Waals surface area contributed by atoms with Gasteiger partial charge in [0.25, 0.3) is 5.91 Å². The van der Waals surface area contributed by atoms with Crippen LogP contribution in [-0.2, 0) is 9.59 Å². The number of hydrogen-bond acceptors (Lipinski definition) is 4. The molecular formula is C6H9N3O2S. The third-order valence-electron chi connectivity index (χ3n) is 1.49. The van der Waals surface area contributed by atoms with Gasteiger partial charge in [-0.1, -0.05) is 12.8 Å². The minimum Gasteiger partial charge on any atom is -0.393 e. The Morgan fingerprint density at radius 3 is 2.75 bits per heavy atom. The first-order valence-electron chi connectivity index (χ1n) is 3.26. The topological polar surface area (TPSA) is 66.6 Å². The van der Waals surface area contributed by atoms with E-state index >= 15 is 0 Å². The van der Waals surface area contributed by atoms with E-state index in [2.05, 4.69) is 12.8 Å². The zero-order chi connectivity index (χ0) is 9.30. The third-order valence-corrected chi connectivity index (χ3v) is 1.82. The Labute approximate surface area is 75.3 Å². The summed E-state index contributed by atoms with van der Waals surface area (Å²) in [6.07, 6.45) is 1.29. The van der Waals surface area contributed by atoms with E-state index < -0.39 is 5.91 Å². The molecule has 0 unspecified atom stereocenters. The maximum absolute atomic E-state index is 11.1. The van der Waals surface area contributed by atoms with Gasteiger partial charge in [0.05, 0.1) is 0 Å². The summed E-state index contributed by atoms with van der Waals surface area (Å²) in [4.78, 5) is 23.5. The second kappa shape index (κ2) is 3.06. The van der Waals surface area contributed by atoms with Crippen molar-refractivity contribution in [3.63, 3.8) is 0 Å². The van der Waals surface area contributed by atoms with Crippen LogP contribution in [0.2, 0.25) is 0 Å². The van der Waals surface area contributed by atoms with E-state index in [1.165, 1.54) is 18.1 Å². The van der Waals surface area contributed by atoms with Crippen LogP contribution in [0.25, 0.3) is 0 Å². The van der Waals surface area contributed by atoms with Gasteiger partial charge in [-0.3, -0.25) is 13.9 Å². The van der Waals surface area contributed by atoms with Gasteiger partial charge >= 0.3 is 0 Å². The average Bonchev–Trinajstić information content (AvgIpc) is 2.07. The zero-order valence-corrected chi connectivity index (χ0v) is 7.41. The highest BCUT2D eigenvalue weighted by Crippen LogP contribution is 2.06. The van der Waals surface area contributed by atoms with E-state index in [0.29, 0.717) is 0 Å². The summed E-state index contributed by atoms with van der Waals surface area (Å²) in [7, 11) is 1.54. The van der Waals surface area contributed by atoms with Crippen molar-refractivity contribution in [1.82, 2.24) is 9.21 Å². The summed E-state index contributed by atoms with van der Waals surface area (Å²) in [5.74, 6) is -0.671. The molecule has 0 bridgehead atoms. The Kier molecular flexibility index (Phi) is 2.27. The predicted octanol–water partition coefficient (Wildman–Crippen LogP) is -1.07. The molecule has 0 saturated heterocycles.